The summed E-state index contributed by atoms with van der Waals surface area (Å²) in [4.78, 5) is 34.2. The van der Waals surface area contributed by atoms with Crippen molar-refractivity contribution < 1.29 is 49.5 Å². The maximum Gasteiger partial charge on any atom is 0.493 e. The quantitative estimate of drug-likeness (QED) is 0.355. The molecule has 4 rings (SSSR count). The fraction of sp³-hybridized carbons (Fsp3) is 0.100. The molecule has 0 spiro atoms. The standard InChI is InChI=1S/C20H10F7N5O5/c1-35-15-8(21)2-3-11(13(15)24)30-18-28-6-10(23)16(31-18)29-7-4-9(22)14-12(5-7)32(19(34)36-14)37-17(33)20(25,26)27/h2-6H,1H3,(H2,28,29,30,31). The van der Waals surface area contributed by atoms with E-state index in [1.807, 2.05) is 0 Å². The highest BCUT2D eigenvalue weighted by atomic mass is 19.4. The first kappa shape index (κ1) is 25.3. The van der Waals surface area contributed by atoms with Crippen molar-refractivity contribution in [2.45, 2.75) is 6.18 Å². The molecule has 0 aliphatic carbocycles. The molecule has 0 saturated carbocycles. The number of ether oxygens (including phenoxy) is 1. The number of fused-ring (bicyclic) bond motifs is 1. The van der Waals surface area contributed by atoms with Crippen molar-refractivity contribution in [2.24, 2.45) is 0 Å². The van der Waals surface area contributed by atoms with Crippen LogP contribution < -0.4 is 26.0 Å². The normalized spacial score (nSPS) is 11.5. The van der Waals surface area contributed by atoms with Gasteiger partial charge in [-0.3, -0.25) is 0 Å². The number of nitrogens with one attached hydrogen (secondary N) is 2. The van der Waals surface area contributed by atoms with Gasteiger partial charge in [0.25, 0.3) is 0 Å². The second kappa shape index (κ2) is 9.32. The van der Waals surface area contributed by atoms with Crippen molar-refractivity contribution in [2.75, 3.05) is 17.7 Å². The van der Waals surface area contributed by atoms with Crippen LogP contribution in [-0.4, -0.2) is 34.0 Å². The number of nitrogens with zero attached hydrogens (tertiary/aromatic N) is 3. The van der Waals surface area contributed by atoms with E-state index in [0.717, 1.165) is 25.3 Å². The molecule has 2 aromatic carbocycles. The van der Waals surface area contributed by atoms with Gasteiger partial charge in [-0.05, 0) is 18.2 Å². The highest BCUT2D eigenvalue weighted by Crippen LogP contribution is 2.30. The van der Waals surface area contributed by atoms with Crippen LogP contribution in [0.25, 0.3) is 11.1 Å². The molecule has 0 aliphatic rings. The van der Waals surface area contributed by atoms with Crippen molar-refractivity contribution in [3.63, 3.8) is 0 Å². The van der Waals surface area contributed by atoms with Crippen LogP contribution in [0.3, 0.4) is 0 Å². The molecule has 0 saturated heterocycles. The molecule has 4 aromatic rings. The van der Waals surface area contributed by atoms with Gasteiger partial charge in [-0.15, -0.1) is 0 Å². The lowest BCUT2D eigenvalue weighted by atomic mass is 10.2. The molecule has 0 atom stereocenters. The van der Waals surface area contributed by atoms with Gasteiger partial charge in [0.05, 0.1) is 19.0 Å². The predicted octanol–water partition coefficient (Wildman–Crippen LogP) is 3.95. The minimum Gasteiger partial charge on any atom is -0.491 e. The van der Waals surface area contributed by atoms with Gasteiger partial charge < -0.3 is 24.6 Å². The van der Waals surface area contributed by atoms with Crippen LogP contribution in [0.4, 0.5) is 53.9 Å². The van der Waals surface area contributed by atoms with E-state index in [9.17, 15) is 40.3 Å². The fourth-order valence-corrected chi connectivity index (χ4v) is 2.94. The average Bonchev–Trinajstić information content (AvgIpc) is 3.13. The number of halogens is 7. The summed E-state index contributed by atoms with van der Waals surface area (Å²) in [6.45, 7) is 0. The Morgan fingerprint density at radius 1 is 1.05 bits per heavy atom. The maximum atomic E-state index is 14.5. The van der Waals surface area contributed by atoms with Crippen molar-refractivity contribution in [1.29, 1.82) is 0 Å². The lowest BCUT2D eigenvalue weighted by Gasteiger charge is -2.12. The molecule has 2 heterocycles. The topological polar surface area (TPSA) is 121 Å². The van der Waals surface area contributed by atoms with Gasteiger partial charge in [-0.25, -0.2) is 32.1 Å². The van der Waals surface area contributed by atoms with Crippen molar-refractivity contribution in [1.82, 2.24) is 14.7 Å². The van der Waals surface area contributed by atoms with Crippen molar-refractivity contribution >= 4 is 40.2 Å². The zero-order chi connectivity index (χ0) is 27.1. The Balaban J connectivity index is 1.68. The van der Waals surface area contributed by atoms with Crippen LogP contribution in [0, 0.1) is 23.3 Å². The Kier molecular flexibility index (Phi) is 6.37. The summed E-state index contributed by atoms with van der Waals surface area (Å²) >= 11 is 0. The van der Waals surface area contributed by atoms with Crippen molar-refractivity contribution in [3.05, 3.63) is 64.3 Å². The fourth-order valence-electron chi connectivity index (χ4n) is 2.94. The van der Waals surface area contributed by atoms with Gasteiger partial charge in [-0.1, -0.05) is 4.73 Å². The van der Waals surface area contributed by atoms with E-state index in [2.05, 4.69) is 34.6 Å². The Morgan fingerprint density at radius 3 is 2.46 bits per heavy atom. The summed E-state index contributed by atoms with van der Waals surface area (Å²) in [6.07, 6.45) is -4.86. The van der Waals surface area contributed by atoms with Gasteiger partial charge in [0.1, 0.15) is 5.52 Å². The highest BCUT2D eigenvalue weighted by molar-refractivity contribution is 5.81. The van der Waals surface area contributed by atoms with Crippen LogP contribution in [0.15, 0.2) is 39.7 Å². The van der Waals surface area contributed by atoms with Gasteiger partial charge >= 0.3 is 17.9 Å². The number of benzene rings is 2. The second-order valence-corrected chi connectivity index (χ2v) is 6.93. The number of alkyl halides is 3. The molecule has 0 amide bonds. The van der Waals surface area contributed by atoms with Gasteiger partial charge in [0.15, 0.2) is 40.4 Å². The zero-order valence-corrected chi connectivity index (χ0v) is 17.9. The zero-order valence-electron chi connectivity index (χ0n) is 17.9. The summed E-state index contributed by atoms with van der Waals surface area (Å²) in [7, 11) is 1.03. The number of hydrogen-bond acceptors (Lipinski definition) is 9. The molecule has 0 radical (unpaired) electrons. The lowest BCUT2D eigenvalue weighted by Crippen LogP contribution is -2.36. The molecule has 17 heteroatoms. The van der Waals surface area contributed by atoms with E-state index < -0.39 is 69.8 Å². The predicted molar refractivity (Wildman–Crippen MR) is 110 cm³/mol. The molecular weight excluding hydrogens is 523 g/mol. The first-order valence-corrected chi connectivity index (χ1v) is 9.62. The molecule has 0 unspecified atom stereocenters. The van der Waals surface area contributed by atoms with Crippen LogP contribution in [0.2, 0.25) is 0 Å². The smallest absolute Gasteiger partial charge is 0.491 e. The van der Waals surface area contributed by atoms with Crippen LogP contribution in [0.1, 0.15) is 0 Å². The molecular formula is C20H10F7N5O5. The van der Waals surface area contributed by atoms with Crippen LogP contribution in [-0.2, 0) is 4.79 Å². The Bertz CT molecular complexity index is 1580. The number of oxazole rings is 1. The average molecular weight is 533 g/mol. The van der Waals surface area contributed by atoms with Gasteiger partial charge in [0.2, 0.25) is 5.95 Å². The van der Waals surface area contributed by atoms with Gasteiger partial charge in [0, 0.05) is 11.8 Å². The van der Waals surface area contributed by atoms with Gasteiger partial charge in [-0.2, -0.15) is 18.2 Å². The van der Waals surface area contributed by atoms with E-state index >= 15 is 0 Å². The molecule has 194 valence electrons. The minimum atomic E-state index is -5.49. The number of hydrogen-bond donors (Lipinski definition) is 2. The number of aromatic nitrogens is 3. The summed E-state index contributed by atoms with van der Waals surface area (Å²) in [6, 6.07) is 3.32. The Labute approximate surface area is 199 Å². The van der Waals surface area contributed by atoms with Crippen LogP contribution >= 0.6 is 0 Å². The molecule has 0 fully saturated rings. The summed E-state index contributed by atoms with van der Waals surface area (Å²) in [5.74, 6) is -10.8. The number of carbonyl (C=O) groups is 1. The molecule has 37 heavy (non-hydrogen) atoms. The largest absolute Gasteiger partial charge is 0.493 e. The van der Waals surface area contributed by atoms with E-state index in [-0.39, 0.29) is 16.1 Å². The Hall–Kier alpha value is -4.83. The third kappa shape index (κ3) is 4.95. The molecule has 2 N–H and O–H groups in total. The molecule has 0 aliphatic heterocycles. The number of rotatable bonds is 6. The molecule has 2 aromatic heterocycles. The van der Waals surface area contributed by atoms with E-state index in [4.69, 9.17) is 0 Å². The first-order valence-electron chi connectivity index (χ1n) is 9.62. The third-order valence-corrected chi connectivity index (χ3v) is 4.51. The van der Waals surface area contributed by atoms with E-state index in [0.29, 0.717) is 12.3 Å². The Morgan fingerprint density at radius 2 is 1.78 bits per heavy atom. The summed E-state index contributed by atoms with van der Waals surface area (Å²) in [5.41, 5.74) is -2.35. The molecule has 10 nitrogen and oxygen atoms in total. The van der Waals surface area contributed by atoms with Crippen LogP contribution in [0.5, 0.6) is 5.75 Å². The maximum absolute atomic E-state index is 14.5. The summed E-state index contributed by atoms with van der Waals surface area (Å²) < 4.78 is 103. The van der Waals surface area contributed by atoms with E-state index in [1.54, 1.807) is 0 Å². The SMILES string of the molecule is COc1c(F)ccc(Nc2ncc(F)c(Nc3cc(F)c4oc(=O)n(OC(=O)C(F)(F)F)c4c3)n2)c1F. The number of methoxy groups -OCH3 is 1. The summed E-state index contributed by atoms with van der Waals surface area (Å²) in [5, 5.41) is 4.66. The van der Waals surface area contributed by atoms with E-state index in [1.165, 1.54) is 0 Å². The second-order valence-electron chi connectivity index (χ2n) is 6.93. The lowest BCUT2D eigenvalue weighted by molar-refractivity contribution is -0.200. The van der Waals surface area contributed by atoms with Crippen molar-refractivity contribution in [3.8, 4) is 5.75 Å². The number of anilines is 4. The number of carbonyl (C=O) groups excluding carboxylic acids is 1. The monoisotopic (exact) mass is 533 g/mol. The third-order valence-electron chi connectivity index (χ3n) is 4.51. The first-order chi connectivity index (χ1) is 17.4. The highest BCUT2D eigenvalue weighted by Gasteiger charge is 2.42. The molecule has 0 bridgehead atoms. The minimum absolute atomic E-state index is 0.243.